The number of aromatic nitrogens is 1. The highest BCUT2D eigenvalue weighted by Gasteiger charge is 2.17. The van der Waals surface area contributed by atoms with Gasteiger partial charge in [-0.1, -0.05) is 42.8 Å². The predicted octanol–water partition coefficient (Wildman–Crippen LogP) is 5.26. The SMILES string of the molecule is CC(C)(C)c1ccc2oc(-c3cc(Br)ccc3O)nc2c1. The van der Waals surface area contributed by atoms with Crippen LogP contribution in [0.2, 0.25) is 0 Å². The van der Waals surface area contributed by atoms with Gasteiger partial charge in [0.05, 0.1) is 5.56 Å². The van der Waals surface area contributed by atoms with Crippen LogP contribution in [-0.4, -0.2) is 10.1 Å². The second kappa shape index (κ2) is 4.88. The zero-order valence-corrected chi connectivity index (χ0v) is 13.7. The van der Waals surface area contributed by atoms with Gasteiger partial charge in [0, 0.05) is 4.47 Å². The third-order valence-corrected chi connectivity index (χ3v) is 3.94. The van der Waals surface area contributed by atoms with E-state index in [0.29, 0.717) is 11.5 Å². The van der Waals surface area contributed by atoms with Crippen LogP contribution >= 0.6 is 15.9 Å². The van der Waals surface area contributed by atoms with Crippen LogP contribution in [0.25, 0.3) is 22.6 Å². The largest absolute Gasteiger partial charge is 0.507 e. The Balaban J connectivity index is 2.15. The van der Waals surface area contributed by atoms with Crippen LogP contribution in [0.5, 0.6) is 5.75 Å². The van der Waals surface area contributed by atoms with E-state index < -0.39 is 0 Å². The molecular weight excluding hydrogens is 330 g/mol. The van der Waals surface area contributed by atoms with Gasteiger partial charge in [0.2, 0.25) is 5.89 Å². The number of phenols is 1. The highest BCUT2D eigenvalue weighted by atomic mass is 79.9. The van der Waals surface area contributed by atoms with Crippen molar-refractivity contribution in [1.82, 2.24) is 4.98 Å². The topological polar surface area (TPSA) is 46.3 Å². The van der Waals surface area contributed by atoms with Crippen LogP contribution in [0.15, 0.2) is 45.3 Å². The molecule has 0 aliphatic heterocycles. The third kappa shape index (κ3) is 2.68. The van der Waals surface area contributed by atoms with Gasteiger partial charge >= 0.3 is 0 Å². The standard InChI is InChI=1S/C17H16BrNO2/c1-17(2,3)10-4-7-15-13(8-10)19-16(21-15)12-9-11(18)5-6-14(12)20/h4-9,20H,1-3H3. The van der Waals surface area contributed by atoms with Crippen LogP contribution in [0.1, 0.15) is 26.3 Å². The van der Waals surface area contributed by atoms with Crippen molar-refractivity contribution in [3.8, 4) is 17.2 Å². The van der Waals surface area contributed by atoms with Crippen LogP contribution < -0.4 is 0 Å². The number of halogens is 1. The van der Waals surface area contributed by atoms with Crippen molar-refractivity contribution in [2.24, 2.45) is 0 Å². The zero-order valence-electron chi connectivity index (χ0n) is 12.1. The highest BCUT2D eigenvalue weighted by molar-refractivity contribution is 9.10. The lowest BCUT2D eigenvalue weighted by atomic mass is 9.87. The number of oxazole rings is 1. The van der Waals surface area contributed by atoms with Crippen molar-refractivity contribution in [2.45, 2.75) is 26.2 Å². The molecule has 0 unspecified atom stereocenters. The van der Waals surface area contributed by atoms with E-state index in [1.54, 1.807) is 18.2 Å². The van der Waals surface area contributed by atoms with E-state index in [1.165, 1.54) is 5.56 Å². The molecule has 1 aromatic heterocycles. The molecule has 0 aliphatic carbocycles. The van der Waals surface area contributed by atoms with Crippen LogP contribution in [0, 0.1) is 0 Å². The van der Waals surface area contributed by atoms with Crippen molar-refractivity contribution in [3.63, 3.8) is 0 Å². The molecule has 0 aliphatic rings. The summed E-state index contributed by atoms with van der Waals surface area (Å²) in [6.45, 7) is 6.49. The van der Waals surface area contributed by atoms with E-state index in [-0.39, 0.29) is 11.2 Å². The Labute approximate surface area is 131 Å². The fourth-order valence-electron chi connectivity index (χ4n) is 2.19. The Bertz CT molecular complexity index is 815. The van der Waals surface area contributed by atoms with Crippen molar-refractivity contribution in [2.75, 3.05) is 0 Å². The fourth-order valence-corrected chi connectivity index (χ4v) is 2.55. The van der Waals surface area contributed by atoms with Gasteiger partial charge in [0.15, 0.2) is 5.58 Å². The summed E-state index contributed by atoms with van der Waals surface area (Å²) in [4.78, 5) is 4.51. The van der Waals surface area contributed by atoms with Gasteiger partial charge in [-0.3, -0.25) is 0 Å². The van der Waals surface area contributed by atoms with Gasteiger partial charge in [-0.05, 0) is 41.3 Å². The Kier molecular flexibility index (Phi) is 3.29. The molecule has 3 nitrogen and oxygen atoms in total. The van der Waals surface area contributed by atoms with Gasteiger partial charge in [-0.25, -0.2) is 4.98 Å². The molecule has 0 bridgehead atoms. The first-order valence-electron chi connectivity index (χ1n) is 6.74. The second-order valence-electron chi connectivity index (χ2n) is 6.11. The van der Waals surface area contributed by atoms with Gasteiger partial charge < -0.3 is 9.52 Å². The Morgan fingerprint density at radius 2 is 1.86 bits per heavy atom. The van der Waals surface area contributed by atoms with Crippen LogP contribution in [0.3, 0.4) is 0 Å². The molecule has 0 atom stereocenters. The maximum Gasteiger partial charge on any atom is 0.231 e. The van der Waals surface area contributed by atoms with Gasteiger partial charge in [0.25, 0.3) is 0 Å². The minimum atomic E-state index is 0.0607. The predicted molar refractivity (Wildman–Crippen MR) is 87.5 cm³/mol. The molecule has 0 spiro atoms. The summed E-state index contributed by atoms with van der Waals surface area (Å²) >= 11 is 3.39. The van der Waals surface area contributed by atoms with Gasteiger partial charge in [-0.15, -0.1) is 0 Å². The zero-order chi connectivity index (χ0) is 15.2. The molecular formula is C17H16BrNO2. The smallest absolute Gasteiger partial charge is 0.231 e. The van der Waals surface area contributed by atoms with Crippen LogP contribution in [-0.2, 0) is 5.41 Å². The van der Waals surface area contributed by atoms with E-state index in [0.717, 1.165) is 15.6 Å². The molecule has 0 amide bonds. The minimum Gasteiger partial charge on any atom is -0.507 e. The molecule has 2 aromatic carbocycles. The van der Waals surface area contributed by atoms with E-state index in [9.17, 15) is 5.11 Å². The van der Waals surface area contributed by atoms with Crippen molar-refractivity contribution < 1.29 is 9.52 Å². The average Bonchev–Trinajstić information content (AvgIpc) is 2.83. The van der Waals surface area contributed by atoms with E-state index in [4.69, 9.17) is 4.42 Å². The molecule has 0 saturated carbocycles. The normalized spacial score (nSPS) is 12.0. The first-order chi connectivity index (χ1) is 9.84. The molecule has 0 radical (unpaired) electrons. The second-order valence-corrected chi connectivity index (χ2v) is 7.03. The summed E-state index contributed by atoms with van der Waals surface area (Å²) in [5.74, 6) is 0.579. The molecule has 4 heteroatoms. The molecule has 0 fully saturated rings. The summed E-state index contributed by atoms with van der Waals surface area (Å²) in [5, 5.41) is 9.98. The van der Waals surface area contributed by atoms with Gasteiger partial charge in [0.1, 0.15) is 11.3 Å². The number of rotatable bonds is 1. The first-order valence-corrected chi connectivity index (χ1v) is 7.54. The number of hydrogen-bond acceptors (Lipinski definition) is 3. The molecule has 3 aromatic rings. The molecule has 3 rings (SSSR count). The lowest BCUT2D eigenvalue weighted by molar-refractivity contribution is 0.474. The van der Waals surface area contributed by atoms with E-state index in [2.05, 4.69) is 47.8 Å². The summed E-state index contributed by atoms with van der Waals surface area (Å²) in [5.41, 5.74) is 3.37. The van der Waals surface area contributed by atoms with Crippen molar-refractivity contribution >= 4 is 27.0 Å². The van der Waals surface area contributed by atoms with E-state index >= 15 is 0 Å². The number of phenolic OH excluding ortho intramolecular Hbond substituents is 1. The average molecular weight is 346 g/mol. The Hall–Kier alpha value is -1.81. The minimum absolute atomic E-state index is 0.0607. The number of benzene rings is 2. The number of fused-ring (bicyclic) bond motifs is 1. The fraction of sp³-hybridized carbons (Fsp3) is 0.235. The molecule has 108 valence electrons. The van der Waals surface area contributed by atoms with Gasteiger partial charge in [-0.2, -0.15) is 0 Å². The molecule has 21 heavy (non-hydrogen) atoms. The molecule has 1 heterocycles. The van der Waals surface area contributed by atoms with E-state index in [1.807, 2.05) is 12.1 Å². The van der Waals surface area contributed by atoms with Crippen molar-refractivity contribution in [1.29, 1.82) is 0 Å². The Morgan fingerprint density at radius 3 is 2.57 bits per heavy atom. The maximum atomic E-state index is 9.98. The number of aromatic hydroxyl groups is 1. The first kappa shape index (κ1) is 14.1. The molecule has 1 N–H and O–H groups in total. The molecule has 0 saturated heterocycles. The maximum absolute atomic E-state index is 9.98. The summed E-state index contributed by atoms with van der Waals surface area (Å²) < 4.78 is 6.63. The highest BCUT2D eigenvalue weighted by Crippen LogP contribution is 2.34. The monoisotopic (exact) mass is 345 g/mol. The van der Waals surface area contributed by atoms with Crippen LogP contribution in [0.4, 0.5) is 0 Å². The van der Waals surface area contributed by atoms with Crippen molar-refractivity contribution in [3.05, 3.63) is 46.4 Å². The number of nitrogens with zero attached hydrogens (tertiary/aromatic N) is 1. The number of hydrogen-bond donors (Lipinski definition) is 1. The summed E-state index contributed by atoms with van der Waals surface area (Å²) in [6.07, 6.45) is 0. The summed E-state index contributed by atoms with van der Waals surface area (Å²) in [7, 11) is 0. The third-order valence-electron chi connectivity index (χ3n) is 3.44. The lowest BCUT2D eigenvalue weighted by Crippen LogP contribution is -2.10. The quantitative estimate of drug-likeness (QED) is 0.654. The Morgan fingerprint density at radius 1 is 1.10 bits per heavy atom. The lowest BCUT2D eigenvalue weighted by Gasteiger charge is -2.18. The summed E-state index contributed by atoms with van der Waals surface area (Å²) in [6, 6.07) is 11.2.